The van der Waals surface area contributed by atoms with Gasteiger partial charge in [0.05, 0.1) is 0 Å². The van der Waals surface area contributed by atoms with Gasteiger partial charge in [0, 0.05) is 30.0 Å². The van der Waals surface area contributed by atoms with E-state index in [0.717, 1.165) is 18.5 Å². The van der Waals surface area contributed by atoms with Crippen molar-refractivity contribution in [1.29, 1.82) is 0 Å². The van der Waals surface area contributed by atoms with Crippen molar-refractivity contribution in [2.45, 2.75) is 17.7 Å². The highest BCUT2D eigenvalue weighted by atomic mass is 35.5. The molecule has 1 saturated heterocycles. The summed E-state index contributed by atoms with van der Waals surface area (Å²) in [5.41, 5.74) is 0.737. The maximum Gasteiger partial charge on any atom is 0.246 e. The van der Waals surface area contributed by atoms with E-state index in [1.165, 1.54) is 4.31 Å². The molecule has 1 N–H and O–H groups in total. The molecule has 0 bridgehead atoms. The van der Waals surface area contributed by atoms with Crippen LogP contribution in [0.25, 0.3) is 0 Å². The van der Waals surface area contributed by atoms with E-state index in [-0.39, 0.29) is 4.90 Å². The van der Waals surface area contributed by atoms with Crippen molar-refractivity contribution < 1.29 is 8.42 Å². The fourth-order valence-electron chi connectivity index (χ4n) is 2.43. The second-order valence-corrected chi connectivity index (χ2v) is 7.44. The molecule has 0 aliphatic carbocycles. The molecule has 116 valence electrons. The Morgan fingerprint density at radius 2 is 1.77 bits per heavy atom. The predicted molar refractivity (Wildman–Crippen MR) is 87.0 cm³/mol. The normalized spacial score (nSPS) is 15.9. The maximum atomic E-state index is 12.7. The largest absolute Gasteiger partial charge is 0.339 e. The van der Waals surface area contributed by atoms with Gasteiger partial charge >= 0.3 is 0 Å². The lowest BCUT2D eigenvalue weighted by molar-refractivity contribution is 0.477. The van der Waals surface area contributed by atoms with Gasteiger partial charge in [0.2, 0.25) is 10.0 Å². The van der Waals surface area contributed by atoms with Crippen LogP contribution in [0.2, 0.25) is 5.02 Å². The Labute approximate surface area is 135 Å². The van der Waals surface area contributed by atoms with E-state index in [1.54, 1.807) is 42.6 Å². The number of rotatable bonds is 4. The minimum Gasteiger partial charge on any atom is -0.339 e. The summed E-state index contributed by atoms with van der Waals surface area (Å²) in [7, 11) is -3.52. The minimum atomic E-state index is -3.52. The van der Waals surface area contributed by atoms with Crippen molar-refractivity contribution >= 4 is 33.1 Å². The van der Waals surface area contributed by atoms with Gasteiger partial charge in [0.1, 0.15) is 4.90 Å². The number of pyridine rings is 1. The van der Waals surface area contributed by atoms with Gasteiger partial charge in [-0.15, -0.1) is 0 Å². The van der Waals surface area contributed by atoms with Crippen molar-refractivity contribution in [1.82, 2.24) is 9.29 Å². The molecule has 22 heavy (non-hydrogen) atoms. The van der Waals surface area contributed by atoms with Crippen LogP contribution in [-0.4, -0.2) is 30.8 Å². The molecule has 2 aromatic rings. The molecular formula is C15H16ClN3O2S. The Bertz CT molecular complexity index is 757. The van der Waals surface area contributed by atoms with Gasteiger partial charge < -0.3 is 5.32 Å². The van der Waals surface area contributed by atoms with Crippen LogP contribution < -0.4 is 5.32 Å². The second-order valence-electron chi connectivity index (χ2n) is 5.09. The quantitative estimate of drug-likeness (QED) is 0.930. The number of sulfonamides is 1. The van der Waals surface area contributed by atoms with Crippen LogP contribution in [0.5, 0.6) is 0 Å². The summed E-state index contributed by atoms with van der Waals surface area (Å²) in [5, 5.41) is 3.68. The molecule has 0 radical (unpaired) electrons. The molecule has 0 saturated carbocycles. The average molecular weight is 338 g/mol. The zero-order chi connectivity index (χ0) is 15.6. The molecule has 1 aromatic heterocycles. The highest BCUT2D eigenvalue weighted by Gasteiger charge is 2.29. The monoisotopic (exact) mass is 337 g/mol. The van der Waals surface area contributed by atoms with Crippen molar-refractivity contribution in [3.05, 3.63) is 47.6 Å². The summed E-state index contributed by atoms with van der Waals surface area (Å²) in [5.74, 6) is 0.330. The molecule has 1 aromatic carbocycles. The van der Waals surface area contributed by atoms with E-state index in [0.29, 0.717) is 23.9 Å². The van der Waals surface area contributed by atoms with E-state index >= 15 is 0 Å². The number of aromatic nitrogens is 1. The summed E-state index contributed by atoms with van der Waals surface area (Å²) >= 11 is 5.86. The standard InChI is InChI=1S/C15H16ClN3O2S/c16-12-5-7-13(8-6-12)18-15-14(4-3-9-17-15)22(20,21)19-10-1-2-11-19/h3-9H,1-2,10-11H2,(H,17,18). The zero-order valence-corrected chi connectivity index (χ0v) is 13.4. The first kappa shape index (κ1) is 15.3. The van der Waals surface area contributed by atoms with Crippen LogP contribution in [0.3, 0.4) is 0 Å². The van der Waals surface area contributed by atoms with Gasteiger partial charge in [-0.05, 0) is 49.2 Å². The molecule has 0 amide bonds. The topological polar surface area (TPSA) is 62.3 Å². The smallest absolute Gasteiger partial charge is 0.246 e. The minimum absolute atomic E-state index is 0.201. The summed E-state index contributed by atoms with van der Waals surface area (Å²) in [6.07, 6.45) is 3.38. The van der Waals surface area contributed by atoms with Gasteiger partial charge in [-0.25, -0.2) is 13.4 Å². The zero-order valence-electron chi connectivity index (χ0n) is 11.9. The second kappa shape index (κ2) is 6.24. The Morgan fingerprint density at radius 1 is 1.09 bits per heavy atom. The molecule has 1 aliphatic rings. The van der Waals surface area contributed by atoms with Gasteiger partial charge in [0.15, 0.2) is 5.82 Å². The van der Waals surface area contributed by atoms with E-state index in [9.17, 15) is 8.42 Å². The highest BCUT2D eigenvalue weighted by Crippen LogP contribution is 2.27. The third kappa shape index (κ3) is 3.09. The average Bonchev–Trinajstić information content (AvgIpc) is 3.05. The number of nitrogens with zero attached hydrogens (tertiary/aromatic N) is 2. The molecule has 7 heteroatoms. The van der Waals surface area contributed by atoms with E-state index < -0.39 is 10.0 Å². The Morgan fingerprint density at radius 3 is 2.45 bits per heavy atom. The van der Waals surface area contributed by atoms with E-state index in [2.05, 4.69) is 10.3 Å². The SMILES string of the molecule is O=S(=O)(c1cccnc1Nc1ccc(Cl)cc1)N1CCCC1. The fraction of sp³-hybridized carbons (Fsp3) is 0.267. The van der Waals surface area contributed by atoms with E-state index in [4.69, 9.17) is 11.6 Å². The Kier molecular flexibility index (Phi) is 4.33. The van der Waals surface area contributed by atoms with Crippen molar-refractivity contribution in [2.75, 3.05) is 18.4 Å². The first-order chi connectivity index (χ1) is 10.6. The molecule has 0 spiro atoms. The molecule has 1 fully saturated rings. The predicted octanol–water partition coefficient (Wildman–Crippen LogP) is 3.26. The number of halogens is 1. The molecule has 0 unspecified atom stereocenters. The Balaban J connectivity index is 1.94. The van der Waals surface area contributed by atoms with Crippen LogP contribution in [0, 0.1) is 0 Å². The molecular weight excluding hydrogens is 322 g/mol. The van der Waals surface area contributed by atoms with Crippen LogP contribution in [-0.2, 0) is 10.0 Å². The molecule has 1 aliphatic heterocycles. The molecule has 5 nitrogen and oxygen atoms in total. The van der Waals surface area contributed by atoms with E-state index in [1.807, 2.05) is 0 Å². The molecule has 0 atom stereocenters. The van der Waals surface area contributed by atoms with Gasteiger partial charge in [-0.1, -0.05) is 11.6 Å². The van der Waals surface area contributed by atoms with Crippen molar-refractivity contribution in [3.8, 4) is 0 Å². The molecule has 3 rings (SSSR count). The van der Waals surface area contributed by atoms with Crippen LogP contribution in [0.1, 0.15) is 12.8 Å². The van der Waals surface area contributed by atoms with Crippen LogP contribution in [0.4, 0.5) is 11.5 Å². The van der Waals surface area contributed by atoms with Crippen molar-refractivity contribution in [2.24, 2.45) is 0 Å². The number of hydrogen-bond donors (Lipinski definition) is 1. The van der Waals surface area contributed by atoms with Crippen LogP contribution >= 0.6 is 11.6 Å². The number of anilines is 2. The first-order valence-electron chi connectivity index (χ1n) is 7.05. The lowest BCUT2D eigenvalue weighted by Gasteiger charge is -2.18. The van der Waals surface area contributed by atoms with Gasteiger partial charge in [0.25, 0.3) is 0 Å². The van der Waals surface area contributed by atoms with Crippen LogP contribution in [0.15, 0.2) is 47.5 Å². The lowest BCUT2D eigenvalue weighted by atomic mass is 10.3. The summed E-state index contributed by atoms with van der Waals surface area (Å²) in [6, 6.07) is 10.3. The number of benzene rings is 1. The number of hydrogen-bond acceptors (Lipinski definition) is 4. The van der Waals surface area contributed by atoms with Crippen molar-refractivity contribution in [3.63, 3.8) is 0 Å². The maximum absolute atomic E-state index is 12.7. The fourth-order valence-corrected chi connectivity index (χ4v) is 4.17. The first-order valence-corrected chi connectivity index (χ1v) is 8.87. The summed E-state index contributed by atoms with van der Waals surface area (Å²) in [4.78, 5) is 4.38. The number of nitrogens with one attached hydrogen (secondary N) is 1. The Hall–Kier alpha value is -1.63. The molecule has 2 heterocycles. The van der Waals surface area contributed by atoms with Gasteiger partial charge in [-0.2, -0.15) is 4.31 Å². The highest BCUT2D eigenvalue weighted by molar-refractivity contribution is 7.89. The van der Waals surface area contributed by atoms with Gasteiger partial charge in [-0.3, -0.25) is 0 Å². The lowest BCUT2D eigenvalue weighted by Crippen LogP contribution is -2.28. The summed E-state index contributed by atoms with van der Waals surface area (Å²) in [6.45, 7) is 1.13. The summed E-state index contributed by atoms with van der Waals surface area (Å²) < 4.78 is 27.0. The third-order valence-electron chi connectivity index (χ3n) is 3.56. The third-order valence-corrected chi connectivity index (χ3v) is 5.74.